The first-order valence-electron chi connectivity index (χ1n) is 7.27. The zero-order valence-electron chi connectivity index (χ0n) is 13.8. The highest BCUT2D eigenvalue weighted by molar-refractivity contribution is 7.89. The normalized spacial score (nSPS) is 12.7. The van der Waals surface area contributed by atoms with Crippen LogP contribution in [0, 0.1) is 5.92 Å². The summed E-state index contributed by atoms with van der Waals surface area (Å²) >= 11 is 0. The Labute approximate surface area is 141 Å². The van der Waals surface area contributed by atoms with Gasteiger partial charge in [0.05, 0.1) is 12.0 Å². The van der Waals surface area contributed by atoms with Crippen molar-refractivity contribution >= 4 is 21.9 Å². The Kier molecular flexibility index (Phi) is 7.18. The first-order valence-corrected chi connectivity index (χ1v) is 8.75. The minimum absolute atomic E-state index is 0.0141. The van der Waals surface area contributed by atoms with Crippen molar-refractivity contribution in [2.24, 2.45) is 11.7 Å². The quantitative estimate of drug-likeness (QED) is 0.616. The maximum Gasteiger partial charge on any atom is 0.324 e. The molecule has 0 saturated heterocycles. The average molecular weight is 358 g/mol. The molecule has 0 radical (unpaired) electrons. The highest BCUT2D eigenvalue weighted by Crippen LogP contribution is 2.17. The summed E-state index contributed by atoms with van der Waals surface area (Å²) in [4.78, 5) is 22.7. The van der Waals surface area contributed by atoms with Gasteiger partial charge in [-0.2, -0.15) is 4.72 Å². The van der Waals surface area contributed by atoms with Crippen LogP contribution < -0.4 is 15.2 Å². The maximum absolute atomic E-state index is 12.4. The van der Waals surface area contributed by atoms with Gasteiger partial charge in [0.25, 0.3) is 5.91 Å². The molecule has 0 aliphatic rings. The number of primary amides is 1. The Morgan fingerprint density at radius 1 is 1.21 bits per heavy atom. The van der Waals surface area contributed by atoms with Gasteiger partial charge >= 0.3 is 5.97 Å². The molecule has 0 spiro atoms. The summed E-state index contributed by atoms with van der Waals surface area (Å²) in [6.45, 7) is 3.06. The molecule has 0 fully saturated rings. The van der Waals surface area contributed by atoms with Crippen LogP contribution in [0.15, 0.2) is 29.2 Å². The van der Waals surface area contributed by atoms with Crippen LogP contribution in [0.5, 0.6) is 5.75 Å². The number of ether oxygens (including phenoxy) is 2. The van der Waals surface area contributed by atoms with E-state index in [2.05, 4.69) is 4.72 Å². The molecule has 0 aromatic heterocycles. The number of nitrogens with two attached hydrogens (primary N) is 1. The van der Waals surface area contributed by atoms with Crippen molar-refractivity contribution in [1.82, 2.24) is 4.72 Å². The molecule has 3 N–H and O–H groups in total. The molecule has 1 rings (SSSR count). The Morgan fingerprint density at radius 3 is 2.25 bits per heavy atom. The summed E-state index contributed by atoms with van der Waals surface area (Å²) in [6.07, 6.45) is 0.215. The van der Waals surface area contributed by atoms with Crippen molar-refractivity contribution in [3.05, 3.63) is 24.3 Å². The second-order valence-electron chi connectivity index (χ2n) is 5.55. The standard InChI is InChI=1S/C15H22N2O6S/c1-10(2)8-13(15(19)23-9-14(16)18)17-24(20,21)12-6-4-11(22-3)5-7-12/h4-7,10,13,17H,8-9H2,1-3H3,(H2,16,18)/t13-/m0/s1. The Morgan fingerprint density at radius 2 is 1.79 bits per heavy atom. The number of carbonyl (C=O) groups excluding carboxylic acids is 2. The lowest BCUT2D eigenvalue weighted by Gasteiger charge is -2.19. The number of sulfonamides is 1. The molecular weight excluding hydrogens is 336 g/mol. The second-order valence-corrected chi connectivity index (χ2v) is 7.27. The van der Waals surface area contributed by atoms with E-state index in [1.54, 1.807) is 0 Å². The number of hydrogen-bond acceptors (Lipinski definition) is 6. The topological polar surface area (TPSA) is 125 Å². The van der Waals surface area contributed by atoms with Gasteiger partial charge < -0.3 is 15.2 Å². The number of carbonyl (C=O) groups is 2. The molecule has 0 bridgehead atoms. The van der Waals surface area contributed by atoms with Crippen molar-refractivity contribution in [3.63, 3.8) is 0 Å². The molecule has 1 amide bonds. The average Bonchev–Trinajstić information content (AvgIpc) is 2.51. The lowest BCUT2D eigenvalue weighted by atomic mass is 10.1. The number of benzene rings is 1. The van der Waals surface area contributed by atoms with Gasteiger partial charge in [-0.05, 0) is 36.6 Å². The van der Waals surface area contributed by atoms with Crippen LogP contribution in [-0.2, 0) is 24.3 Å². The molecule has 24 heavy (non-hydrogen) atoms. The highest BCUT2D eigenvalue weighted by Gasteiger charge is 2.28. The van der Waals surface area contributed by atoms with Gasteiger partial charge in [0.15, 0.2) is 6.61 Å². The van der Waals surface area contributed by atoms with Crippen LogP contribution in [0.4, 0.5) is 0 Å². The van der Waals surface area contributed by atoms with Crippen LogP contribution >= 0.6 is 0 Å². The van der Waals surface area contributed by atoms with E-state index in [1.807, 2.05) is 13.8 Å². The molecule has 0 heterocycles. The van der Waals surface area contributed by atoms with Gasteiger partial charge in [0.2, 0.25) is 10.0 Å². The zero-order valence-corrected chi connectivity index (χ0v) is 14.6. The van der Waals surface area contributed by atoms with Gasteiger partial charge in [-0.15, -0.1) is 0 Å². The van der Waals surface area contributed by atoms with Gasteiger partial charge in [0, 0.05) is 0 Å². The van der Waals surface area contributed by atoms with E-state index in [0.717, 1.165) is 0 Å². The fourth-order valence-electron chi connectivity index (χ4n) is 1.92. The summed E-state index contributed by atoms with van der Waals surface area (Å²) < 4.78 is 36.8. The van der Waals surface area contributed by atoms with Gasteiger partial charge in [-0.3, -0.25) is 9.59 Å². The third-order valence-corrected chi connectivity index (χ3v) is 4.50. The second kappa shape index (κ2) is 8.65. The van der Waals surface area contributed by atoms with E-state index in [1.165, 1.54) is 31.4 Å². The van der Waals surface area contributed by atoms with E-state index < -0.39 is 34.5 Å². The lowest BCUT2D eigenvalue weighted by Crippen LogP contribution is -2.43. The van der Waals surface area contributed by atoms with Gasteiger partial charge in [0.1, 0.15) is 11.8 Å². The molecule has 0 aliphatic carbocycles. The van der Waals surface area contributed by atoms with Crippen molar-refractivity contribution in [3.8, 4) is 5.75 Å². The van der Waals surface area contributed by atoms with Gasteiger partial charge in [-0.1, -0.05) is 13.8 Å². The van der Waals surface area contributed by atoms with Crippen LogP contribution in [0.3, 0.4) is 0 Å². The van der Waals surface area contributed by atoms with Crippen LogP contribution in [-0.4, -0.2) is 40.1 Å². The number of esters is 1. The molecule has 134 valence electrons. The van der Waals surface area contributed by atoms with Crippen LogP contribution in [0.1, 0.15) is 20.3 Å². The Balaban J connectivity index is 2.93. The largest absolute Gasteiger partial charge is 0.497 e. The van der Waals surface area contributed by atoms with Crippen molar-refractivity contribution < 1.29 is 27.5 Å². The predicted molar refractivity (Wildman–Crippen MR) is 86.7 cm³/mol. The summed E-state index contributed by atoms with van der Waals surface area (Å²) in [5.74, 6) is -1.13. The van der Waals surface area contributed by atoms with Crippen molar-refractivity contribution in [1.29, 1.82) is 0 Å². The molecule has 0 unspecified atom stereocenters. The third-order valence-electron chi connectivity index (χ3n) is 3.02. The highest BCUT2D eigenvalue weighted by atomic mass is 32.2. The molecule has 1 atom stereocenters. The minimum Gasteiger partial charge on any atom is -0.497 e. The Bertz CT molecular complexity index is 670. The molecule has 1 aromatic rings. The summed E-state index contributed by atoms with van der Waals surface area (Å²) in [6, 6.07) is 4.61. The molecular formula is C15H22N2O6S. The Hall–Kier alpha value is -2.13. The zero-order chi connectivity index (χ0) is 18.3. The molecule has 1 aromatic carbocycles. The van der Waals surface area contributed by atoms with Gasteiger partial charge in [-0.25, -0.2) is 8.42 Å². The summed E-state index contributed by atoms with van der Waals surface area (Å²) in [7, 11) is -2.47. The van der Waals surface area contributed by atoms with Crippen molar-refractivity contribution in [2.75, 3.05) is 13.7 Å². The van der Waals surface area contributed by atoms with E-state index in [4.69, 9.17) is 15.2 Å². The number of amides is 1. The first-order chi connectivity index (χ1) is 11.2. The maximum atomic E-state index is 12.4. The lowest BCUT2D eigenvalue weighted by molar-refractivity contribution is -0.149. The van der Waals surface area contributed by atoms with E-state index in [-0.39, 0.29) is 17.2 Å². The molecule has 0 aliphatic heterocycles. The van der Waals surface area contributed by atoms with Crippen LogP contribution in [0.2, 0.25) is 0 Å². The van der Waals surface area contributed by atoms with Crippen molar-refractivity contribution in [2.45, 2.75) is 31.2 Å². The molecule has 0 saturated carbocycles. The summed E-state index contributed by atoms with van der Waals surface area (Å²) in [5.41, 5.74) is 4.92. The third kappa shape index (κ3) is 6.17. The monoisotopic (exact) mass is 358 g/mol. The molecule has 8 nitrogen and oxygen atoms in total. The number of nitrogens with one attached hydrogen (secondary N) is 1. The van der Waals surface area contributed by atoms with E-state index in [0.29, 0.717) is 5.75 Å². The molecule has 9 heteroatoms. The first kappa shape index (κ1) is 19.9. The fourth-order valence-corrected chi connectivity index (χ4v) is 3.11. The fraction of sp³-hybridized carbons (Fsp3) is 0.467. The minimum atomic E-state index is -3.94. The van der Waals surface area contributed by atoms with E-state index in [9.17, 15) is 18.0 Å². The number of methoxy groups -OCH3 is 1. The SMILES string of the molecule is COc1ccc(S(=O)(=O)N[C@@H](CC(C)C)C(=O)OCC(N)=O)cc1. The van der Waals surface area contributed by atoms with E-state index >= 15 is 0 Å². The number of rotatable bonds is 9. The number of hydrogen-bond donors (Lipinski definition) is 2. The predicted octanol–water partition coefficient (Wildman–Crippen LogP) is 0.417. The van der Waals surface area contributed by atoms with Crippen LogP contribution in [0.25, 0.3) is 0 Å². The smallest absolute Gasteiger partial charge is 0.324 e. The summed E-state index contributed by atoms with van der Waals surface area (Å²) in [5, 5.41) is 0.